The zero-order valence-electron chi connectivity index (χ0n) is 26.1. The first-order valence-electron chi connectivity index (χ1n) is 15.2. The van der Waals surface area contributed by atoms with E-state index in [4.69, 9.17) is 0 Å². The molecule has 0 N–H and O–H groups in total. The van der Waals surface area contributed by atoms with Crippen LogP contribution in [0.15, 0.2) is 35.4 Å². The van der Waals surface area contributed by atoms with Crippen molar-refractivity contribution in [3.8, 4) is 0 Å². The zero-order chi connectivity index (χ0) is 26.9. The maximum absolute atomic E-state index is 2.95. The molecule has 1 saturated heterocycles. The van der Waals surface area contributed by atoms with Crippen LogP contribution >= 0.6 is 0 Å². The van der Waals surface area contributed by atoms with E-state index >= 15 is 0 Å². The van der Waals surface area contributed by atoms with Crippen LogP contribution in [0.25, 0.3) is 12.2 Å². The first kappa shape index (κ1) is 32.9. The molecule has 39 heavy (non-hydrogen) atoms. The van der Waals surface area contributed by atoms with Crippen LogP contribution in [0, 0.1) is 10.8 Å². The van der Waals surface area contributed by atoms with Gasteiger partial charge in [-0.3, -0.25) is 0 Å². The molecular weight excluding hydrogens is 682 g/mol. The van der Waals surface area contributed by atoms with Gasteiger partial charge in [-0.15, -0.1) is 0 Å². The van der Waals surface area contributed by atoms with Crippen molar-refractivity contribution < 1.29 is 44.8 Å². The maximum Gasteiger partial charge on any atom is -1.00 e. The van der Waals surface area contributed by atoms with E-state index in [1.165, 1.54) is 0 Å². The Balaban J connectivity index is 0.00000210. The average Bonchev–Trinajstić information content (AvgIpc) is 3.34. The van der Waals surface area contributed by atoms with E-state index in [0.717, 1.165) is 33.0 Å². The van der Waals surface area contributed by atoms with Crippen LogP contribution in [0.1, 0.15) is 121 Å². The first-order chi connectivity index (χ1) is 17.4. The Labute approximate surface area is 256 Å². The Morgan fingerprint density at radius 1 is 0.564 bits per heavy atom. The van der Waals surface area contributed by atoms with Gasteiger partial charge in [0.05, 0.1) is 0 Å². The molecule has 2 atom stereocenters. The third-order valence-corrected chi connectivity index (χ3v) is 28.5. The SMILES string of the molecule is CCc1ccc(CC)c2c1C=C(C(C)(C)C)[CH]2[Hf+2]1([CH]2C(C(C)(C)C)=Cc3c(CC)ccc(CC)c32)[CH2][CH2]1.[Cl-].[Cl-]. The second kappa shape index (κ2) is 11.6. The maximum atomic E-state index is 2.71. The Bertz CT molecular complexity index is 1200. The standard InChI is InChI=1S/2C17H23.C2H4.2ClH.Hf/c2*1-6-12-8-9-13(7-2)16-11-14(10-15(12)16)17(3,4)5;1-2;;;/h2*8-11H,6-7H2,1-5H3;1-2H2;2*1H;/q;;;;;+2/p-2. The number of hydrogen-bond acceptors (Lipinski definition) is 0. The van der Waals surface area contributed by atoms with Crippen molar-refractivity contribution in [3.05, 3.63) is 79.9 Å². The summed E-state index contributed by atoms with van der Waals surface area (Å²) in [6.45, 7) is 24.4. The average molecular weight is 732 g/mol. The Morgan fingerprint density at radius 3 is 1.13 bits per heavy atom. The van der Waals surface area contributed by atoms with E-state index in [1.807, 2.05) is 0 Å². The van der Waals surface area contributed by atoms with Gasteiger partial charge in [-0.05, 0) is 0 Å². The van der Waals surface area contributed by atoms with Crippen LogP contribution < -0.4 is 24.8 Å². The van der Waals surface area contributed by atoms with E-state index < -0.39 is 20.0 Å². The summed E-state index contributed by atoms with van der Waals surface area (Å²) in [6, 6.07) is 9.90. The van der Waals surface area contributed by atoms with Crippen molar-refractivity contribution >= 4 is 12.2 Å². The Morgan fingerprint density at radius 2 is 0.872 bits per heavy atom. The molecule has 0 saturated carbocycles. The largest absolute Gasteiger partial charge is 1.00 e. The van der Waals surface area contributed by atoms with Crippen molar-refractivity contribution in [2.45, 2.75) is 111 Å². The number of allylic oxidation sites excluding steroid dienone is 2. The summed E-state index contributed by atoms with van der Waals surface area (Å²) < 4.78 is 4.59. The van der Waals surface area contributed by atoms with Crippen LogP contribution in [-0.2, 0) is 45.7 Å². The molecule has 2 unspecified atom stereocenters. The van der Waals surface area contributed by atoms with Crippen LogP contribution in [0.5, 0.6) is 0 Å². The molecule has 1 aliphatic heterocycles. The van der Waals surface area contributed by atoms with Gasteiger partial charge in [0.15, 0.2) is 0 Å². The summed E-state index contributed by atoms with van der Waals surface area (Å²) in [6.07, 6.45) is 9.99. The third kappa shape index (κ3) is 5.25. The van der Waals surface area contributed by atoms with Gasteiger partial charge >= 0.3 is 233 Å². The fraction of sp³-hybridized carbons (Fsp3) is 0.556. The third-order valence-electron chi connectivity index (χ3n) is 9.97. The minimum atomic E-state index is -2.95. The number of aryl methyl sites for hydroxylation is 4. The van der Waals surface area contributed by atoms with Crippen molar-refractivity contribution in [1.82, 2.24) is 0 Å². The van der Waals surface area contributed by atoms with E-state index in [2.05, 4.69) is 106 Å². The summed E-state index contributed by atoms with van der Waals surface area (Å²) >= 11 is -2.95. The number of fused-ring (bicyclic) bond motifs is 2. The second-order valence-electron chi connectivity index (χ2n) is 14.1. The topological polar surface area (TPSA) is 0 Å². The Hall–Kier alpha value is -0.630. The van der Waals surface area contributed by atoms with Gasteiger partial charge in [0.1, 0.15) is 0 Å². The quantitative estimate of drug-likeness (QED) is 0.381. The molecule has 2 aliphatic carbocycles. The number of rotatable bonds is 6. The van der Waals surface area contributed by atoms with E-state index in [1.54, 1.807) is 64.0 Å². The minimum absolute atomic E-state index is 0. The smallest absolute Gasteiger partial charge is 1.00 e. The van der Waals surface area contributed by atoms with Crippen LogP contribution in [0.2, 0.25) is 8.35 Å². The fourth-order valence-electron chi connectivity index (χ4n) is 7.88. The fourth-order valence-corrected chi connectivity index (χ4v) is 37.5. The summed E-state index contributed by atoms with van der Waals surface area (Å²) in [5, 5.41) is 0. The molecule has 0 amide bonds. The Kier molecular flexibility index (Phi) is 9.75. The van der Waals surface area contributed by atoms with Crippen molar-refractivity contribution in [2.24, 2.45) is 10.8 Å². The second-order valence-corrected chi connectivity index (χ2v) is 30.7. The van der Waals surface area contributed by atoms with E-state index in [-0.39, 0.29) is 35.6 Å². The van der Waals surface area contributed by atoms with Crippen molar-refractivity contribution in [3.63, 3.8) is 0 Å². The molecule has 1 fully saturated rings. The van der Waals surface area contributed by atoms with Gasteiger partial charge in [0.25, 0.3) is 0 Å². The van der Waals surface area contributed by atoms with Gasteiger partial charge < -0.3 is 24.8 Å². The molecule has 0 radical (unpaired) electrons. The van der Waals surface area contributed by atoms with Gasteiger partial charge in [-0.25, -0.2) is 0 Å². The van der Waals surface area contributed by atoms with Crippen LogP contribution in [0.4, 0.5) is 0 Å². The molecule has 0 spiro atoms. The molecule has 0 aromatic heterocycles. The molecule has 3 aliphatic rings. The number of hydrogen-bond donors (Lipinski definition) is 0. The molecule has 1 heterocycles. The predicted molar refractivity (Wildman–Crippen MR) is 160 cm³/mol. The summed E-state index contributed by atoms with van der Waals surface area (Å²) in [7, 11) is 0. The summed E-state index contributed by atoms with van der Waals surface area (Å²) in [5.41, 5.74) is 17.2. The molecule has 3 heteroatoms. The summed E-state index contributed by atoms with van der Waals surface area (Å²) in [4.78, 5) is 0. The van der Waals surface area contributed by atoms with Crippen molar-refractivity contribution in [2.75, 3.05) is 0 Å². The van der Waals surface area contributed by atoms with E-state index in [9.17, 15) is 0 Å². The van der Waals surface area contributed by atoms with Gasteiger partial charge in [0.2, 0.25) is 0 Å². The molecule has 212 valence electrons. The first-order valence-corrected chi connectivity index (χ1v) is 24.4. The van der Waals surface area contributed by atoms with E-state index in [0.29, 0.717) is 0 Å². The molecule has 0 nitrogen and oxygen atoms in total. The van der Waals surface area contributed by atoms with Crippen LogP contribution in [-0.4, -0.2) is 0 Å². The van der Waals surface area contributed by atoms with Crippen molar-refractivity contribution in [1.29, 1.82) is 0 Å². The zero-order valence-corrected chi connectivity index (χ0v) is 31.2. The van der Waals surface area contributed by atoms with Crippen LogP contribution in [0.3, 0.4) is 0 Å². The minimum Gasteiger partial charge on any atom is -1.00 e. The summed E-state index contributed by atoms with van der Waals surface area (Å²) in [5.74, 6) is 0. The monoisotopic (exact) mass is 732 g/mol. The van der Waals surface area contributed by atoms with Gasteiger partial charge in [-0.1, -0.05) is 0 Å². The predicted octanol–water partition coefficient (Wildman–Crippen LogP) is 4.62. The number of benzene rings is 2. The van der Waals surface area contributed by atoms with Gasteiger partial charge in [-0.2, -0.15) is 0 Å². The normalized spacial score (nSPS) is 20.1. The molecule has 2 aromatic rings. The molecule has 0 bridgehead atoms. The molecule has 2 aromatic carbocycles. The molecule has 5 rings (SSSR count). The number of halogens is 2. The molecular formula is C36H50Cl2Hf. The van der Waals surface area contributed by atoms with Gasteiger partial charge in [0, 0.05) is 0 Å².